The molecule has 1 N–H and O–H groups in total. The molecule has 1 aromatic rings. The van der Waals surface area contributed by atoms with Crippen molar-refractivity contribution in [1.29, 1.82) is 0 Å². The van der Waals surface area contributed by atoms with E-state index in [4.69, 9.17) is 14.6 Å². The first-order valence-corrected chi connectivity index (χ1v) is 4.08. The zero-order chi connectivity index (χ0) is 10.6. The van der Waals surface area contributed by atoms with Crippen molar-refractivity contribution in [3.63, 3.8) is 0 Å². The maximum atomic E-state index is 10.5. The fourth-order valence-electron chi connectivity index (χ4n) is 0.899. The number of methoxy groups -OCH3 is 1. The summed E-state index contributed by atoms with van der Waals surface area (Å²) in [6.07, 6.45) is -0.897. The van der Waals surface area contributed by atoms with Gasteiger partial charge in [0.1, 0.15) is 0 Å². The van der Waals surface area contributed by atoms with E-state index >= 15 is 0 Å². The van der Waals surface area contributed by atoms with Crippen LogP contribution in [0.4, 0.5) is 0 Å². The summed E-state index contributed by atoms with van der Waals surface area (Å²) in [4.78, 5) is 10.5. The van der Waals surface area contributed by atoms with E-state index in [2.05, 4.69) is 6.07 Å². The molecular formula is C10H11O4. The van der Waals surface area contributed by atoms with Crippen LogP contribution >= 0.6 is 0 Å². The van der Waals surface area contributed by atoms with Gasteiger partial charge in [-0.15, -0.1) is 0 Å². The number of ether oxygens (including phenoxy) is 2. The number of hydrogen-bond acceptors (Lipinski definition) is 3. The zero-order valence-electron chi connectivity index (χ0n) is 7.98. The van der Waals surface area contributed by atoms with Crippen LogP contribution < -0.4 is 9.47 Å². The quantitative estimate of drug-likeness (QED) is 0.787. The van der Waals surface area contributed by atoms with Crippen molar-refractivity contribution in [2.24, 2.45) is 0 Å². The van der Waals surface area contributed by atoms with E-state index < -0.39 is 12.1 Å². The van der Waals surface area contributed by atoms with E-state index in [0.29, 0.717) is 11.5 Å². The van der Waals surface area contributed by atoms with Crippen LogP contribution in [0, 0.1) is 6.07 Å². The third-order valence-corrected chi connectivity index (χ3v) is 1.66. The van der Waals surface area contributed by atoms with Gasteiger partial charge in [-0.2, -0.15) is 0 Å². The van der Waals surface area contributed by atoms with Crippen molar-refractivity contribution in [2.75, 3.05) is 7.11 Å². The van der Waals surface area contributed by atoms with Gasteiger partial charge in [0.15, 0.2) is 17.6 Å². The van der Waals surface area contributed by atoms with E-state index in [1.54, 1.807) is 18.2 Å². The number of benzene rings is 1. The molecule has 0 aromatic heterocycles. The highest BCUT2D eigenvalue weighted by atomic mass is 16.5. The van der Waals surface area contributed by atoms with E-state index in [9.17, 15) is 4.79 Å². The molecule has 0 aliphatic rings. The molecule has 0 fully saturated rings. The van der Waals surface area contributed by atoms with Gasteiger partial charge in [0.05, 0.1) is 7.11 Å². The number of carbonyl (C=O) groups is 1. The summed E-state index contributed by atoms with van der Waals surface area (Å²) in [7, 11) is 1.49. The van der Waals surface area contributed by atoms with Gasteiger partial charge in [-0.3, -0.25) is 0 Å². The molecule has 14 heavy (non-hydrogen) atoms. The molecule has 0 aliphatic carbocycles. The Morgan fingerprint density at radius 3 is 2.86 bits per heavy atom. The summed E-state index contributed by atoms with van der Waals surface area (Å²) in [6, 6.07) is 7.63. The Balaban J connectivity index is 2.80. The SMILES string of the molecule is COc1c[c]ccc1OC(C)C(=O)O. The first-order chi connectivity index (χ1) is 6.65. The zero-order valence-corrected chi connectivity index (χ0v) is 7.98. The smallest absolute Gasteiger partial charge is 0.344 e. The molecule has 0 aliphatic heterocycles. The average Bonchev–Trinajstić information content (AvgIpc) is 2.18. The van der Waals surface area contributed by atoms with Crippen molar-refractivity contribution in [1.82, 2.24) is 0 Å². The summed E-state index contributed by atoms with van der Waals surface area (Å²) >= 11 is 0. The standard InChI is InChI=1S/C10H11O4/c1-7(10(11)12)14-9-6-4-3-5-8(9)13-2/h4-7H,1-2H3,(H,11,12). The fraction of sp³-hybridized carbons (Fsp3) is 0.300. The van der Waals surface area contributed by atoms with Crippen molar-refractivity contribution in [2.45, 2.75) is 13.0 Å². The van der Waals surface area contributed by atoms with Crippen molar-refractivity contribution < 1.29 is 19.4 Å². The van der Waals surface area contributed by atoms with Gasteiger partial charge >= 0.3 is 5.97 Å². The predicted octanol–water partition coefficient (Wildman–Crippen LogP) is 1.35. The van der Waals surface area contributed by atoms with Crippen LogP contribution in [0.1, 0.15) is 6.92 Å². The molecule has 4 nitrogen and oxygen atoms in total. The highest BCUT2D eigenvalue weighted by Gasteiger charge is 2.14. The Morgan fingerprint density at radius 1 is 1.57 bits per heavy atom. The molecule has 0 amide bonds. The highest BCUT2D eigenvalue weighted by Crippen LogP contribution is 2.26. The fourth-order valence-corrected chi connectivity index (χ4v) is 0.899. The van der Waals surface area contributed by atoms with E-state index in [-0.39, 0.29) is 0 Å². The van der Waals surface area contributed by atoms with Crippen LogP contribution in [-0.2, 0) is 4.79 Å². The Hall–Kier alpha value is -1.71. The number of hydrogen-bond donors (Lipinski definition) is 1. The maximum Gasteiger partial charge on any atom is 0.344 e. The first kappa shape index (κ1) is 10.4. The monoisotopic (exact) mass is 195 g/mol. The summed E-state index contributed by atoms with van der Waals surface area (Å²) in [5, 5.41) is 8.63. The minimum atomic E-state index is -1.01. The van der Waals surface area contributed by atoms with Gasteiger partial charge in [0.25, 0.3) is 0 Å². The van der Waals surface area contributed by atoms with E-state index in [0.717, 1.165) is 0 Å². The Bertz CT molecular complexity index is 322. The minimum absolute atomic E-state index is 0.404. The summed E-state index contributed by atoms with van der Waals surface area (Å²) < 4.78 is 10.1. The lowest BCUT2D eigenvalue weighted by Crippen LogP contribution is -2.23. The summed E-state index contributed by atoms with van der Waals surface area (Å²) in [5.74, 6) is -0.137. The second-order valence-corrected chi connectivity index (χ2v) is 2.68. The topological polar surface area (TPSA) is 55.8 Å². The molecule has 0 bridgehead atoms. The molecule has 1 rings (SSSR count). The van der Waals surface area contributed by atoms with Crippen LogP contribution in [0.25, 0.3) is 0 Å². The highest BCUT2D eigenvalue weighted by molar-refractivity contribution is 5.72. The van der Waals surface area contributed by atoms with Gasteiger partial charge < -0.3 is 14.6 Å². The Morgan fingerprint density at radius 2 is 2.29 bits per heavy atom. The van der Waals surface area contributed by atoms with E-state index in [1.165, 1.54) is 14.0 Å². The lowest BCUT2D eigenvalue weighted by Gasteiger charge is -2.12. The van der Waals surface area contributed by atoms with Crippen LogP contribution in [0.5, 0.6) is 11.5 Å². The van der Waals surface area contributed by atoms with Crippen LogP contribution in [0.3, 0.4) is 0 Å². The number of carboxylic acid groups (broad SMARTS) is 1. The molecule has 1 radical (unpaired) electrons. The predicted molar refractivity (Wildman–Crippen MR) is 49.6 cm³/mol. The van der Waals surface area contributed by atoms with Crippen LogP contribution in [0.15, 0.2) is 18.2 Å². The van der Waals surface area contributed by atoms with Crippen molar-refractivity contribution >= 4 is 5.97 Å². The molecule has 4 heteroatoms. The summed E-state index contributed by atoms with van der Waals surface area (Å²) in [6.45, 7) is 1.46. The number of aliphatic carboxylic acids is 1. The number of carboxylic acids is 1. The van der Waals surface area contributed by atoms with E-state index in [1.807, 2.05) is 0 Å². The van der Waals surface area contributed by atoms with Crippen molar-refractivity contribution in [3.05, 3.63) is 24.3 Å². The lowest BCUT2D eigenvalue weighted by atomic mass is 10.3. The molecule has 1 unspecified atom stereocenters. The maximum absolute atomic E-state index is 10.5. The van der Waals surface area contributed by atoms with Crippen LogP contribution in [-0.4, -0.2) is 24.3 Å². The van der Waals surface area contributed by atoms with Gasteiger partial charge in [-0.25, -0.2) is 4.79 Å². The van der Waals surface area contributed by atoms with Crippen molar-refractivity contribution in [3.8, 4) is 11.5 Å². The first-order valence-electron chi connectivity index (χ1n) is 4.08. The lowest BCUT2D eigenvalue weighted by molar-refractivity contribution is -0.144. The van der Waals surface area contributed by atoms with Gasteiger partial charge in [-0.05, 0) is 25.1 Å². The minimum Gasteiger partial charge on any atom is -0.493 e. The van der Waals surface area contributed by atoms with Gasteiger partial charge in [0, 0.05) is 0 Å². The normalized spacial score (nSPS) is 11.9. The van der Waals surface area contributed by atoms with Gasteiger partial charge in [0.2, 0.25) is 0 Å². The molecule has 0 heterocycles. The molecule has 1 aromatic carbocycles. The Kier molecular flexibility index (Phi) is 3.34. The molecule has 1 atom stereocenters. The third-order valence-electron chi connectivity index (χ3n) is 1.66. The second-order valence-electron chi connectivity index (χ2n) is 2.68. The number of rotatable bonds is 4. The molecule has 0 saturated carbocycles. The van der Waals surface area contributed by atoms with Gasteiger partial charge in [-0.1, -0.05) is 6.07 Å². The second kappa shape index (κ2) is 4.50. The van der Waals surface area contributed by atoms with Crippen LogP contribution in [0.2, 0.25) is 0 Å². The molecular weight excluding hydrogens is 184 g/mol. The molecule has 0 spiro atoms. The molecule has 0 saturated heterocycles. The summed E-state index contributed by atoms with van der Waals surface area (Å²) in [5.41, 5.74) is 0. The molecule has 75 valence electrons. The largest absolute Gasteiger partial charge is 0.493 e. The average molecular weight is 195 g/mol. The third kappa shape index (κ3) is 2.39. The Labute approximate surface area is 82.1 Å².